The van der Waals surface area contributed by atoms with E-state index in [1.165, 1.54) is 17.0 Å². The smallest absolute Gasteiger partial charge is 0.408 e. The summed E-state index contributed by atoms with van der Waals surface area (Å²) in [6.45, 7) is 0.909. The van der Waals surface area contributed by atoms with E-state index in [9.17, 15) is 19.1 Å². The first-order chi connectivity index (χ1) is 10.4. The molecule has 120 valence electrons. The number of benzene rings is 1. The van der Waals surface area contributed by atoms with E-state index in [4.69, 9.17) is 11.6 Å². The van der Waals surface area contributed by atoms with Crippen molar-refractivity contribution >= 4 is 29.7 Å². The van der Waals surface area contributed by atoms with Crippen molar-refractivity contribution in [3.8, 4) is 0 Å². The zero-order valence-corrected chi connectivity index (χ0v) is 12.8. The number of hydrogen-bond acceptors (Lipinski definition) is 4. The Morgan fingerprint density at radius 3 is 2.82 bits per heavy atom. The lowest BCUT2D eigenvalue weighted by molar-refractivity contribution is -0.110. The number of likely N-dealkylation sites (N-methyl/N-ethyl adjacent to an activating group) is 1. The average molecular weight is 330 g/mol. The van der Waals surface area contributed by atoms with Gasteiger partial charge in [-0.15, -0.1) is 0 Å². The molecule has 1 aromatic rings. The molecule has 1 heterocycles. The number of carbonyl (C=O) groups excluding carboxylic acids is 1. The first-order valence-corrected chi connectivity index (χ1v) is 7.14. The Morgan fingerprint density at radius 2 is 2.27 bits per heavy atom. The fourth-order valence-corrected chi connectivity index (χ4v) is 2.90. The fourth-order valence-electron chi connectivity index (χ4n) is 2.72. The Balaban J connectivity index is 2.32. The van der Waals surface area contributed by atoms with Gasteiger partial charge in [0.2, 0.25) is 0 Å². The number of nitrogens with zero attached hydrogens (tertiary/aromatic N) is 2. The minimum Gasteiger partial charge on any atom is -0.465 e. The lowest BCUT2D eigenvalue weighted by atomic mass is 10.0. The van der Waals surface area contributed by atoms with Crippen LogP contribution in [0.3, 0.4) is 0 Å². The molecule has 1 aromatic carbocycles. The molecule has 0 aromatic heterocycles. The quantitative estimate of drug-likeness (QED) is 0.824. The Bertz CT molecular complexity index is 586. The molecular weight excluding hydrogens is 313 g/mol. The monoisotopic (exact) mass is 329 g/mol. The highest BCUT2D eigenvalue weighted by Crippen LogP contribution is 2.28. The van der Waals surface area contributed by atoms with Crippen LogP contribution in [-0.2, 0) is 4.79 Å². The summed E-state index contributed by atoms with van der Waals surface area (Å²) in [7, 11) is 1.61. The first-order valence-electron chi connectivity index (χ1n) is 6.76. The van der Waals surface area contributed by atoms with Gasteiger partial charge in [0.05, 0.1) is 11.6 Å². The first kappa shape index (κ1) is 16.5. The molecule has 0 bridgehead atoms. The Labute approximate surface area is 132 Å². The van der Waals surface area contributed by atoms with Crippen LogP contribution in [0.15, 0.2) is 18.2 Å². The van der Waals surface area contributed by atoms with Crippen LogP contribution in [0.1, 0.15) is 6.42 Å². The molecule has 1 unspecified atom stereocenters. The summed E-state index contributed by atoms with van der Waals surface area (Å²) < 4.78 is 13.3. The van der Waals surface area contributed by atoms with Gasteiger partial charge in [-0.1, -0.05) is 11.6 Å². The standard InChI is InChI=1S/C14H17ClFN3O3/c1-17-14(4-7-20)9-18(5-6-19(14)13(21)22)10-2-3-12(16)11(15)8-10/h2-3,7-8,17H,4-6,9H2,1H3,(H,21,22). The number of piperazine rings is 1. The van der Waals surface area contributed by atoms with Gasteiger partial charge in [-0.2, -0.15) is 0 Å². The molecule has 0 saturated carbocycles. The van der Waals surface area contributed by atoms with E-state index in [0.717, 1.165) is 0 Å². The number of carbonyl (C=O) groups is 2. The number of hydrogen-bond donors (Lipinski definition) is 2. The summed E-state index contributed by atoms with van der Waals surface area (Å²) in [5, 5.41) is 12.3. The summed E-state index contributed by atoms with van der Waals surface area (Å²) in [4.78, 5) is 25.5. The summed E-state index contributed by atoms with van der Waals surface area (Å²) in [6, 6.07) is 4.34. The van der Waals surface area contributed by atoms with Crippen molar-refractivity contribution in [1.29, 1.82) is 0 Å². The number of anilines is 1. The summed E-state index contributed by atoms with van der Waals surface area (Å²) in [6.07, 6.45) is -0.387. The largest absolute Gasteiger partial charge is 0.465 e. The molecule has 1 atom stereocenters. The van der Waals surface area contributed by atoms with Crippen molar-refractivity contribution in [3.63, 3.8) is 0 Å². The topological polar surface area (TPSA) is 72.9 Å². The highest BCUT2D eigenvalue weighted by Gasteiger charge is 2.43. The van der Waals surface area contributed by atoms with Crippen LogP contribution in [-0.4, -0.2) is 54.7 Å². The van der Waals surface area contributed by atoms with Crippen LogP contribution in [0.25, 0.3) is 0 Å². The molecule has 22 heavy (non-hydrogen) atoms. The highest BCUT2D eigenvalue weighted by atomic mass is 35.5. The van der Waals surface area contributed by atoms with Crippen LogP contribution in [0.5, 0.6) is 0 Å². The maximum atomic E-state index is 13.3. The fraction of sp³-hybridized carbons (Fsp3) is 0.429. The number of halogens is 2. The highest BCUT2D eigenvalue weighted by molar-refractivity contribution is 6.31. The van der Waals surface area contributed by atoms with Crippen molar-refractivity contribution in [2.75, 3.05) is 31.6 Å². The number of aldehydes is 1. The molecule has 1 aliphatic heterocycles. The second-order valence-corrected chi connectivity index (χ2v) is 5.51. The molecular formula is C14H17ClFN3O3. The molecule has 2 N–H and O–H groups in total. The zero-order chi connectivity index (χ0) is 16.3. The Morgan fingerprint density at radius 1 is 1.55 bits per heavy atom. The molecule has 1 fully saturated rings. The molecule has 2 rings (SSSR count). The van der Waals surface area contributed by atoms with Crippen molar-refractivity contribution in [2.45, 2.75) is 12.1 Å². The SMILES string of the molecule is CNC1(CC=O)CN(c2ccc(F)c(Cl)c2)CCN1C(=O)O. The van der Waals surface area contributed by atoms with Crippen molar-refractivity contribution in [3.05, 3.63) is 29.0 Å². The third kappa shape index (κ3) is 3.00. The summed E-state index contributed by atoms with van der Waals surface area (Å²) in [5.74, 6) is -0.512. The molecule has 0 spiro atoms. The normalized spacial score (nSPS) is 21.8. The van der Waals surface area contributed by atoms with E-state index < -0.39 is 17.6 Å². The van der Waals surface area contributed by atoms with Gasteiger partial charge in [-0.05, 0) is 25.2 Å². The zero-order valence-electron chi connectivity index (χ0n) is 12.1. The van der Waals surface area contributed by atoms with Crippen LogP contribution in [0.4, 0.5) is 14.9 Å². The van der Waals surface area contributed by atoms with Gasteiger partial charge in [0.25, 0.3) is 0 Å². The van der Waals surface area contributed by atoms with E-state index in [0.29, 0.717) is 18.5 Å². The number of amides is 1. The van der Waals surface area contributed by atoms with Gasteiger partial charge < -0.3 is 14.8 Å². The molecule has 8 heteroatoms. The third-order valence-corrected chi connectivity index (χ3v) is 4.24. The van der Waals surface area contributed by atoms with Crippen molar-refractivity contribution < 1.29 is 19.1 Å². The molecule has 1 saturated heterocycles. The van der Waals surface area contributed by atoms with Gasteiger partial charge >= 0.3 is 6.09 Å². The predicted molar refractivity (Wildman–Crippen MR) is 80.8 cm³/mol. The maximum absolute atomic E-state index is 13.3. The van der Waals surface area contributed by atoms with E-state index in [-0.39, 0.29) is 24.5 Å². The minimum atomic E-state index is -1.09. The van der Waals surface area contributed by atoms with Gasteiger partial charge in [-0.3, -0.25) is 10.2 Å². The van der Waals surface area contributed by atoms with Crippen molar-refractivity contribution in [2.24, 2.45) is 0 Å². The van der Waals surface area contributed by atoms with Crippen LogP contribution < -0.4 is 10.2 Å². The number of nitrogens with one attached hydrogen (secondary N) is 1. The molecule has 0 aliphatic carbocycles. The maximum Gasteiger partial charge on any atom is 0.408 e. The predicted octanol–water partition coefficient (Wildman–Crippen LogP) is 1.78. The van der Waals surface area contributed by atoms with Gasteiger partial charge in [0.1, 0.15) is 17.8 Å². The Hall–Kier alpha value is -1.86. The van der Waals surface area contributed by atoms with E-state index in [1.54, 1.807) is 13.1 Å². The lowest BCUT2D eigenvalue weighted by Gasteiger charge is -2.49. The van der Waals surface area contributed by atoms with E-state index in [2.05, 4.69) is 5.32 Å². The van der Waals surface area contributed by atoms with Crippen LogP contribution in [0, 0.1) is 5.82 Å². The van der Waals surface area contributed by atoms with Crippen molar-refractivity contribution in [1.82, 2.24) is 10.2 Å². The number of rotatable bonds is 4. The lowest BCUT2D eigenvalue weighted by Crippen LogP contribution is -2.69. The number of carboxylic acid groups (broad SMARTS) is 1. The second kappa shape index (κ2) is 6.50. The second-order valence-electron chi connectivity index (χ2n) is 5.11. The molecule has 1 amide bonds. The van der Waals surface area contributed by atoms with E-state index in [1.807, 2.05) is 4.90 Å². The average Bonchev–Trinajstić information content (AvgIpc) is 2.50. The van der Waals surface area contributed by atoms with Gasteiger partial charge in [0.15, 0.2) is 0 Å². The molecule has 0 radical (unpaired) electrons. The summed E-state index contributed by atoms with van der Waals surface area (Å²) >= 11 is 5.80. The summed E-state index contributed by atoms with van der Waals surface area (Å²) in [5.41, 5.74) is -0.339. The molecule has 6 nitrogen and oxygen atoms in total. The van der Waals surface area contributed by atoms with Gasteiger partial charge in [0, 0.05) is 25.2 Å². The van der Waals surface area contributed by atoms with Crippen LogP contribution >= 0.6 is 11.6 Å². The van der Waals surface area contributed by atoms with E-state index >= 15 is 0 Å². The van der Waals surface area contributed by atoms with Gasteiger partial charge in [-0.25, -0.2) is 9.18 Å². The van der Waals surface area contributed by atoms with Crippen LogP contribution in [0.2, 0.25) is 5.02 Å². The molecule has 1 aliphatic rings. The Kier molecular flexibility index (Phi) is 4.87. The minimum absolute atomic E-state index is 0.00334. The third-order valence-electron chi connectivity index (χ3n) is 3.95.